The molecule has 2 aromatic carbocycles. The third-order valence-electron chi connectivity index (χ3n) is 4.33. The fraction of sp³-hybridized carbons (Fsp3) is 0.0870. The van der Waals surface area contributed by atoms with Crippen molar-refractivity contribution in [3.63, 3.8) is 0 Å². The lowest BCUT2D eigenvalue weighted by Crippen LogP contribution is -2.16. The zero-order valence-corrected chi connectivity index (χ0v) is 17.9. The minimum absolute atomic E-state index is 0.102. The van der Waals surface area contributed by atoms with Crippen LogP contribution in [0.3, 0.4) is 0 Å². The number of hydrogen-bond donors (Lipinski definition) is 1. The van der Waals surface area contributed by atoms with Gasteiger partial charge >= 0.3 is 0 Å². The van der Waals surface area contributed by atoms with E-state index in [-0.39, 0.29) is 18.1 Å². The summed E-state index contributed by atoms with van der Waals surface area (Å²) in [6.07, 6.45) is 1.68. The first-order valence-electron chi connectivity index (χ1n) is 9.45. The number of halogens is 1. The third kappa shape index (κ3) is 5.65. The zero-order valence-electron chi connectivity index (χ0n) is 16.3. The molecule has 0 aliphatic heterocycles. The van der Waals surface area contributed by atoms with Crippen LogP contribution in [0.5, 0.6) is 5.75 Å². The van der Waals surface area contributed by atoms with Crippen molar-refractivity contribution >= 4 is 40.6 Å². The Morgan fingerprint density at radius 3 is 2.61 bits per heavy atom. The molecule has 156 valence electrons. The minimum atomic E-state index is -0.154. The summed E-state index contributed by atoms with van der Waals surface area (Å²) in [6.45, 7) is 0.171. The summed E-state index contributed by atoms with van der Waals surface area (Å²) >= 11 is 7.30. The quantitative estimate of drug-likeness (QED) is 0.414. The summed E-state index contributed by atoms with van der Waals surface area (Å²) in [4.78, 5) is 29.7. The van der Waals surface area contributed by atoms with Crippen molar-refractivity contribution in [3.8, 4) is 5.75 Å². The van der Waals surface area contributed by atoms with E-state index in [1.807, 2.05) is 18.2 Å². The Labute approximate surface area is 187 Å². The molecule has 2 heterocycles. The van der Waals surface area contributed by atoms with Crippen molar-refractivity contribution in [3.05, 3.63) is 100 Å². The molecule has 0 bridgehead atoms. The Hall–Kier alpha value is -3.29. The van der Waals surface area contributed by atoms with Crippen LogP contribution in [0.4, 0.5) is 5.69 Å². The SMILES string of the molecule is O=C(CSc1ccc(Cl)cc1)Nc1ccc(OCc2cc(=O)n3ccccc3n2)cc1. The molecule has 31 heavy (non-hydrogen) atoms. The van der Waals surface area contributed by atoms with Gasteiger partial charge in [-0.25, -0.2) is 4.98 Å². The predicted octanol–water partition coefficient (Wildman–Crippen LogP) is 4.66. The molecule has 0 atom stereocenters. The van der Waals surface area contributed by atoms with Gasteiger partial charge in [0, 0.05) is 27.9 Å². The van der Waals surface area contributed by atoms with E-state index in [9.17, 15) is 9.59 Å². The molecule has 8 heteroatoms. The topological polar surface area (TPSA) is 72.7 Å². The summed E-state index contributed by atoms with van der Waals surface area (Å²) < 4.78 is 7.21. The maximum Gasteiger partial charge on any atom is 0.258 e. The van der Waals surface area contributed by atoms with Crippen LogP contribution >= 0.6 is 23.4 Å². The van der Waals surface area contributed by atoms with Crippen molar-refractivity contribution in [2.24, 2.45) is 0 Å². The molecule has 0 saturated carbocycles. The number of amides is 1. The summed E-state index contributed by atoms with van der Waals surface area (Å²) in [6, 6.07) is 21.2. The summed E-state index contributed by atoms with van der Waals surface area (Å²) in [5, 5.41) is 3.52. The van der Waals surface area contributed by atoms with Crippen LogP contribution in [-0.4, -0.2) is 21.0 Å². The lowest BCUT2D eigenvalue weighted by molar-refractivity contribution is -0.113. The Balaban J connectivity index is 1.30. The highest BCUT2D eigenvalue weighted by molar-refractivity contribution is 8.00. The van der Waals surface area contributed by atoms with Gasteiger partial charge < -0.3 is 10.1 Å². The lowest BCUT2D eigenvalue weighted by Gasteiger charge is -2.09. The van der Waals surface area contributed by atoms with Gasteiger partial charge in [-0.05, 0) is 60.7 Å². The first-order chi connectivity index (χ1) is 15.1. The highest BCUT2D eigenvalue weighted by atomic mass is 35.5. The van der Waals surface area contributed by atoms with Crippen molar-refractivity contribution in [2.45, 2.75) is 11.5 Å². The number of fused-ring (bicyclic) bond motifs is 1. The van der Waals surface area contributed by atoms with E-state index < -0.39 is 0 Å². The molecule has 1 amide bonds. The van der Waals surface area contributed by atoms with Gasteiger partial charge in [0.2, 0.25) is 5.91 Å². The Morgan fingerprint density at radius 2 is 1.84 bits per heavy atom. The molecule has 1 N–H and O–H groups in total. The van der Waals surface area contributed by atoms with Crippen molar-refractivity contribution in [2.75, 3.05) is 11.1 Å². The zero-order chi connectivity index (χ0) is 21.6. The molecule has 0 aliphatic carbocycles. The van der Waals surface area contributed by atoms with E-state index in [1.165, 1.54) is 22.2 Å². The molecule has 6 nitrogen and oxygen atoms in total. The number of nitrogens with zero attached hydrogens (tertiary/aromatic N) is 2. The van der Waals surface area contributed by atoms with Gasteiger partial charge in [-0.3, -0.25) is 14.0 Å². The van der Waals surface area contributed by atoms with Crippen LogP contribution in [-0.2, 0) is 11.4 Å². The van der Waals surface area contributed by atoms with E-state index in [1.54, 1.807) is 54.7 Å². The van der Waals surface area contributed by atoms with E-state index in [4.69, 9.17) is 16.3 Å². The monoisotopic (exact) mass is 451 g/mol. The molecule has 0 aliphatic rings. The average molecular weight is 452 g/mol. The van der Waals surface area contributed by atoms with Gasteiger partial charge in [0.05, 0.1) is 11.4 Å². The van der Waals surface area contributed by atoms with Crippen LogP contribution in [0, 0.1) is 0 Å². The molecular weight excluding hydrogens is 434 g/mol. The van der Waals surface area contributed by atoms with Gasteiger partial charge in [-0.1, -0.05) is 17.7 Å². The number of thioether (sulfide) groups is 1. The molecule has 0 spiro atoms. The molecule has 2 aromatic heterocycles. The molecule has 0 radical (unpaired) electrons. The highest BCUT2D eigenvalue weighted by Crippen LogP contribution is 2.21. The second kappa shape index (κ2) is 9.68. The van der Waals surface area contributed by atoms with Crippen molar-refractivity contribution < 1.29 is 9.53 Å². The molecule has 4 rings (SSSR count). The number of carbonyl (C=O) groups excluding carboxylic acids is 1. The fourth-order valence-corrected chi connectivity index (χ4v) is 3.67. The van der Waals surface area contributed by atoms with Crippen molar-refractivity contribution in [1.82, 2.24) is 9.38 Å². The van der Waals surface area contributed by atoms with Gasteiger partial charge in [0.25, 0.3) is 5.56 Å². The van der Waals surface area contributed by atoms with Crippen LogP contribution in [0.15, 0.2) is 88.7 Å². The molecule has 4 aromatic rings. The molecule has 0 saturated heterocycles. The normalized spacial score (nSPS) is 10.7. The van der Waals surface area contributed by atoms with Crippen LogP contribution in [0.1, 0.15) is 5.69 Å². The Morgan fingerprint density at radius 1 is 1.06 bits per heavy atom. The third-order valence-corrected chi connectivity index (χ3v) is 5.60. The number of rotatable bonds is 7. The van der Waals surface area contributed by atoms with Gasteiger partial charge in [0.1, 0.15) is 18.0 Å². The van der Waals surface area contributed by atoms with E-state index in [0.717, 1.165) is 4.90 Å². The number of aromatic nitrogens is 2. The van der Waals surface area contributed by atoms with Gasteiger partial charge in [-0.2, -0.15) is 0 Å². The summed E-state index contributed by atoms with van der Waals surface area (Å²) in [7, 11) is 0. The maximum absolute atomic E-state index is 12.2. The van der Waals surface area contributed by atoms with Gasteiger partial charge in [-0.15, -0.1) is 11.8 Å². The number of pyridine rings is 1. The summed E-state index contributed by atoms with van der Waals surface area (Å²) in [5.41, 5.74) is 1.64. The van der Waals surface area contributed by atoms with E-state index in [0.29, 0.717) is 33.6 Å². The number of anilines is 1. The predicted molar refractivity (Wildman–Crippen MR) is 123 cm³/mol. The second-order valence-corrected chi connectivity index (χ2v) is 8.10. The molecular formula is C23H18ClN3O3S. The molecule has 0 fully saturated rings. The largest absolute Gasteiger partial charge is 0.487 e. The number of hydrogen-bond acceptors (Lipinski definition) is 5. The minimum Gasteiger partial charge on any atom is -0.487 e. The number of ether oxygens (including phenoxy) is 1. The Kier molecular flexibility index (Phi) is 6.54. The first kappa shape index (κ1) is 21.0. The number of benzene rings is 2. The smallest absolute Gasteiger partial charge is 0.258 e. The average Bonchev–Trinajstić information content (AvgIpc) is 2.78. The van der Waals surface area contributed by atoms with Crippen LogP contribution in [0.25, 0.3) is 5.65 Å². The van der Waals surface area contributed by atoms with Crippen LogP contribution < -0.4 is 15.6 Å². The molecule has 0 unspecified atom stereocenters. The van der Waals surface area contributed by atoms with Gasteiger partial charge in [0.15, 0.2) is 0 Å². The first-order valence-corrected chi connectivity index (χ1v) is 10.8. The van der Waals surface area contributed by atoms with Crippen LogP contribution in [0.2, 0.25) is 5.02 Å². The lowest BCUT2D eigenvalue weighted by atomic mass is 10.3. The fourth-order valence-electron chi connectivity index (χ4n) is 2.85. The number of carbonyl (C=O) groups is 1. The van der Waals surface area contributed by atoms with Crippen molar-refractivity contribution in [1.29, 1.82) is 0 Å². The number of nitrogens with one attached hydrogen (secondary N) is 1. The summed E-state index contributed by atoms with van der Waals surface area (Å²) in [5.74, 6) is 0.807. The second-order valence-electron chi connectivity index (χ2n) is 6.62. The highest BCUT2D eigenvalue weighted by Gasteiger charge is 2.06. The standard InChI is InChI=1S/C23H18ClN3O3S/c24-16-4-10-20(11-5-16)31-15-22(28)26-17-6-8-19(9-7-17)30-14-18-13-23(29)27-12-2-1-3-21(27)25-18/h1-13H,14-15H2,(H,26,28). The van der Waals surface area contributed by atoms with E-state index >= 15 is 0 Å². The maximum atomic E-state index is 12.2. The van der Waals surface area contributed by atoms with E-state index in [2.05, 4.69) is 10.3 Å². The Bertz CT molecular complexity index is 1260.